The molecule has 0 spiro atoms. The van der Waals surface area contributed by atoms with E-state index in [1.807, 2.05) is 20.8 Å². The lowest BCUT2D eigenvalue weighted by Gasteiger charge is -2.31. The van der Waals surface area contributed by atoms with Crippen LogP contribution in [-0.2, 0) is 28.0 Å². The summed E-state index contributed by atoms with van der Waals surface area (Å²) in [6, 6.07) is 13.1. The van der Waals surface area contributed by atoms with E-state index in [4.69, 9.17) is 23.2 Å². The van der Waals surface area contributed by atoms with E-state index < -0.39 is 6.04 Å². The fraction of sp³-hybridized carbons (Fsp3) is 0.500. The Bertz CT molecular complexity index is 945. The molecule has 0 fully saturated rings. The molecule has 2 aromatic rings. The number of hydrogen-bond donors (Lipinski definition) is 1. The third-order valence-electron chi connectivity index (χ3n) is 5.91. The molecule has 0 radical (unpaired) electrons. The second kappa shape index (κ2) is 12.6. The van der Waals surface area contributed by atoms with Gasteiger partial charge in [0.2, 0.25) is 11.8 Å². The summed E-state index contributed by atoms with van der Waals surface area (Å²) in [6.07, 6.45) is 1.39. The van der Waals surface area contributed by atoms with Crippen LogP contribution in [0.5, 0.6) is 0 Å². The van der Waals surface area contributed by atoms with Gasteiger partial charge in [0, 0.05) is 35.1 Å². The van der Waals surface area contributed by atoms with Gasteiger partial charge in [0.1, 0.15) is 6.04 Å². The Kier molecular flexibility index (Phi) is 10.5. The maximum Gasteiger partial charge on any atom is 0.242 e. The summed E-state index contributed by atoms with van der Waals surface area (Å²) in [5.41, 5.74) is 3.08. The summed E-state index contributed by atoms with van der Waals surface area (Å²) in [6.45, 7) is 13.3. The van der Waals surface area contributed by atoms with Crippen molar-refractivity contribution in [3.8, 4) is 0 Å². The fourth-order valence-corrected chi connectivity index (χ4v) is 4.28. The van der Waals surface area contributed by atoms with Gasteiger partial charge in [-0.3, -0.25) is 9.59 Å². The molecule has 0 saturated carbocycles. The molecule has 0 bridgehead atoms. The van der Waals surface area contributed by atoms with Crippen LogP contribution in [0.4, 0.5) is 0 Å². The van der Waals surface area contributed by atoms with E-state index >= 15 is 0 Å². The number of halogens is 2. The number of carbonyl (C=O) groups is 2. The first-order chi connectivity index (χ1) is 15.9. The SMILES string of the molecule is CCC(C(=O)NCC(C)C)N(Cc1c(Cl)cccc1Cl)C(=O)CCc1ccc(C(C)(C)C)cc1. The molecule has 1 atom stereocenters. The molecule has 34 heavy (non-hydrogen) atoms. The van der Waals surface area contributed by atoms with Gasteiger partial charge in [-0.2, -0.15) is 0 Å². The predicted octanol–water partition coefficient (Wildman–Crippen LogP) is 6.80. The minimum atomic E-state index is -0.596. The minimum Gasteiger partial charge on any atom is -0.354 e. The highest BCUT2D eigenvalue weighted by Crippen LogP contribution is 2.28. The van der Waals surface area contributed by atoms with Crippen LogP contribution >= 0.6 is 23.2 Å². The lowest BCUT2D eigenvalue weighted by molar-refractivity contribution is -0.141. The Labute approximate surface area is 215 Å². The molecule has 2 rings (SSSR count). The number of nitrogens with one attached hydrogen (secondary N) is 1. The van der Waals surface area contributed by atoms with Crippen molar-refractivity contribution in [1.29, 1.82) is 0 Å². The molecule has 4 nitrogen and oxygen atoms in total. The van der Waals surface area contributed by atoms with Crippen molar-refractivity contribution < 1.29 is 9.59 Å². The number of aryl methyl sites for hydroxylation is 1. The molecule has 0 saturated heterocycles. The Balaban J connectivity index is 2.24. The highest BCUT2D eigenvalue weighted by molar-refractivity contribution is 6.36. The first-order valence-electron chi connectivity index (χ1n) is 12.0. The van der Waals surface area contributed by atoms with Gasteiger partial charge >= 0.3 is 0 Å². The van der Waals surface area contributed by atoms with Crippen molar-refractivity contribution in [2.24, 2.45) is 5.92 Å². The summed E-state index contributed by atoms with van der Waals surface area (Å²) >= 11 is 12.8. The molecule has 0 aliphatic rings. The van der Waals surface area contributed by atoms with Gasteiger partial charge in [-0.25, -0.2) is 0 Å². The fourth-order valence-electron chi connectivity index (χ4n) is 3.76. The maximum atomic E-state index is 13.5. The molecule has 0 aliphatic heterocycles. The third-order valence-corrected chi connectivity index (χ3v) is 6.62. The summed E-state index contributed by atoms with van der Waals surface area (Å²) < 4.78 is 0. The van der Waals surface area contributed by atoms with E-state index in [2.05, 4.69) is 50.4 Å². The first kappa shape index (κ1) is 28.2. The summed E-state index contributed by atoms with van der Waals surface area (Å²) in [5.74, 6) is 0.0735. The highest BCUT2D eigenvalue weighted by Gasteiger charge is 2.29. The third kappa shape index (κ3) is 8.02. The molecule has 1 unspecified atom stereocenters. The number of rotatable bonds is 10. The lowest BCUT2D eigenvalue weighted by atomic mass is 9.86. The van der Waals surface area contributed by atoms with Crippen LogP contribution in [0, 0.1) is 5.92 Å². The Hall–Kier alpha value is -2.04. The topological polar surface area (TPSA) is 49.4 Å². The van der Waals surface area contributed by atoms with Gasteiger partial charge in [0.05, 0.1) is 0 Å². The van der Waals surface area contributed by atoms with Crippen molar-refractivity contribution in [3.63, 3.8) is 0 Å². The van der Waals surface area contributed by atoms with Crippen LogP contribution in [0.15, 0.2) is 42.5 Å². The lowest BCUT2D eigenvalue weighted by Crippen LogP contribution is -2.49. The molecular weight excluding hydrogens is 467 g/mol. The smallest absolute Gasteiger partial charge is 0.242 e. The van der Waals surface area contributed by atoms with Crippen molar-refractivity contribution in [1.82, 2.24) is 10.2 Å². The second-order valence-electron chi connectivity index (χ2n) is 10.2. The number of amides is 2. The number of nitrogens with zero attached hydrogens (tertiary/aromatic N) is 1. The predicted molar refractivity (Wildman–Crippen MR) is 142 cm³/mol. The van der Waals surface area contributed by atoms with E-state index in [0.29, 0.717) is 47.3 Å². The maximum absolute atomic E-state index is 13.5. The quantitative estimate of drug-likeness (QED) is 0.386. The molecule has 6 heteroatoms. The monoisotopic (exact) mass is 504 g/mol. The zero-order valence-corrected chi connectivity index (χ0v) is 22.8. The summed E-state index contributed by atoms with van der Waals surface area (Å²) in [4.78, 5) is 28.1. The average Bonchev–Trinajstić information content (AvgIpc) is 2.77. The van der Waals surface area contributed by atoms with Crippen molar-refractivity contribution in [2.45, 2.75) is 78.8 Å². The van der Waals surface area contributed by atoms with Gasteiger partial charge in [0.25, 0.3) is 0 Å². The van der Waals surface area contributed by atoms with Gasteiger partial charge in [-0.05, 0) is 47.4 Å². The molecule has 0 heterocycles. The van der Waals surface area contributed by atoms with E-state index in [9.17, 15) is 9.59 Å². The van der Waals surface area contributed by atoms with E-state index in [-0.39, 0.29) is 23.8 Å². The Morgan fingerprint density at radius 3 is 2.09 bits per heavy atom. The standard InChI is InChI=1S/C28H38Cl2N2O2/c1-7-25(27(34)31-17-19(2)3)32(18-22-23(29)9-8-10-24(22)30)26(33)16-13-20-11-14-21(15-12-20)28(4,5)6/h8-12,14-15,19,25H,7,13,16-18H2,1-6H3,(H,31,34). The minimum absolute atomic E-state index is 0.0804. The van der Waals surface area contributed by atoms with Crippen molar-refractivity contribution in [3.05, 3.63) is 69.2 Å². The normalized spacial score (nSPS) is 12.5. The largest absolute Gasteiger partial charge is 0.354 e. The molecule has 0 aromatic heterocycles. The summed E-state index contributed by atoms with van der Waals surface area (Å²) in [7, 11) is 0. The van der Waals surface area contributed by atoms with Gasteiger partial charge in [-0.1, -0.05) is 95.1 Å². The zero-order chi connectivity index (χ0) is 25.5. The van der Waals surface area contributed by atoms with Crippen LogP contribution in [0.1, 0.15) is 71.1 Å². The molecule has 2 amide bonds. The van der Waals surface area contributed by atoms with E-state index in [1.54, 1.807) is 23.1 Å². The van der Waals surface area contributed by atoms with Crippen LogP contribution in [-0.4, -0.2) is 29.3 Å². The number of benzene rings is 2. The molecule has 186 valence electrons. The molecule has 1 N–H and O–H groups in total. The highest BCUT2D eigenvalue weighted by atomic mass is 35.5. The van der Waals surface area contributed by atoms with Gasteiger partial charge in [-0.15, -0.1) is 0 Å². The van der Waals surface area contributed by atoms with Gasteiger partial charge in [0.15, 0.2) is 0 Å². The van der Waals surface area contributed by atoms with Crippen molar-refractivity contribution in [2.75, 3.05) is 6.54 Å². The van der Waals surface area contributed by atoms with Crippen LogP contribution in [0.25, 0.3) is 0 Å². The molecule has 0 aliphatic carbocycles. The van der Waals surface area contributed by atoms with E-state index in [0.717, 1.165) is 5.56 Å². The van der Waals surface area contributed by atoms with Crippen LogP contribution < -0.4 is 5.32 Å². The van der Waals surface area contributed by atoms with Crippen molar-refractivity contribution >= 4 is 35.0 Å². The molecule has 2 aromatic carbocycles. The zero-order valence-electron chi connectivity index (χ0n) is 21.3. The average molecular weight is 506 g/mol. The van der Waals surface area contributed by atoms with Crippen LogP contribution in [0.3, 0.4) is 0 Å². The number of hydrogen-bond acceptors (Lipinski definition) is 2. The number of carbonyl (C=O) groups excluding carboxylic acids is 2. The Morgan fingerprint density at radius 1 is 1.00 bits per heavy atom. The second-order valence-corrected chi connectivity index (χ2v) is 11.0. The van der Waals surface area contributed by atoms with Crippen LogP contribution in [0.2, 0.25) is 10.0 Å². The van der Waals surface area contributed by atoms with E-state index in [1.165, 1.54) is 5.56 Å². The Morgan fingerprint density at radius 2 is 1.59 bits per heavy atom. The first-order valence-corrected chi connectivity index (χ1v) is 12.8. The summed E-state index contributed by atoms with van der Waals surface area (Å²) in [5, 5.41) is 3.95. The van der Waals surface area contributed by atoms with Gasteiger partial charge < -0.3 is 10.2 Å². The molecular formula is C28H38Cl2N2O2.